The second-order valence-corrected chi connectivity index (χ2v) is 37.0. The van der Waals surface area contributed by atoms with Crippen LogP contribution in [0, 0.1) is 125 Å². The number of aromatic nitrogens is 4. The van der Waals surface area contributed by atoms with Crippen molar-refractivity contribution >= 4 is 107 Å². The Bertz CT molecular complexity index is 4920. The number of rotatable bonds is 17. The Labute approximate surface area is 646 Å². The van der Waals surface area contributed by atoms with Crippen molar-refractivity contribution in [3.63, 3.8) is 0 Å². The molecule has 4 aromatic carbocycles. The van der Waals surface area contributed by atoms with Crippen LogP contribution in [0.15, 0.2) is 73.3 Å². The van der Waals surface area contributed by atoms with Crippen molar-refractivity contribution in [2.24, 2.45) is 28.8 Å². The van der Waals surface area contributed by atoms with E-state index in [4.69, 9.17) is 11.6 Å². The molecule has 0 bridgehead atoms. The zero-order chi connectivity index (χ0) is 79.1. The van der Waals surface area contributed by atoms with E-state index in [1.165, 1.54) is 63.3 Å². The number of anilines is 4. The number of pyridine rings is 4. The van der Waals surface area contributed by atoms with Gasteiger partial charge in [0.15, 0.2) is 0 Å². The van der Waals surface area contributed by atoms with Crippen LogP contribution in [-0.4, -0.2) is 151 Å². The van der Waals surface area contributed by atoms with Crippen molar-refractivity contribution in [3.05, 3.63) is 140 Å². The van der Waals surface area contributed by atoms with Crippen LogP contribution in [0.1, 0.15) is 150 Å². The quantitative estimate of drug-likeness (QED) is 0.0529. The number of nitriles is 3. The van der Waals surface area contributed by atoms with E-state index in [1.807, 2.05) is 0 Å². The summed E-state index contributed by atoms with van der Waals surface area (Å²) in [6.07, 6.45) is 28.6. The Morgan fingerprint density at radius 3 is 0.890 bits per heavy atom. The number of benzene rings is 4. The maximum atomic E-state index is 11.4. The Kier molecular flexibility index (Phi) is 28.9. The lowest BCUT2D eigenvalue weighted by Crippen LogP contribution is -2.32. The normalized spacial score (nSPS) is 18.2. The first-order chi connectivity index (χ1) is 51.6. The number of sulfonamides is 3. The zero-order valence-corrected chi connectivity index (χ0v) is 68.2. The number of nitrogens with two attached hydrogens (primary N) is 1. The minimum absolute atomic E-state index is 0.312. The molecule has 6 N–H and O–H groups in total. The molecule has 0 radical (unpaired) electrons. The maximum absolute atomic E-state index is 11.4. The molecule has 4 atom stereocenters. The number of hydrogen-bond donors (Lipinski definition) is 5. The highest BCUT2D eigenvalue weighted by atomic mass is 32.2. The first kappa shape index (κ1) is 84.4. The van der Waals surface area contributed by atoms with E-state index in [1.54, 1.807) is 24.8 Å². The molecule has 0 aliphatic carbocycles. The van der Waals surface area contributed by atoms with E-state index >= 15 is 0 Å². The van der Waals surface area contributed by atoms with Gasteiger partial charge >= 0.3 is 0 Å². The summed E-state index contributed by atoms with van der Waals surface area (Å²) in [6, 6.07) is 23.8. The molecule has 0 saturated carbocycles. The molecule has 4 aliphatic rings. The number of aryl methyl sites for hydroxylation is 8. The van der Waals surface area contributed by atoms with Crippen LogP contribution in [0.5, 0.6) is 0 Å². The maximum Gasteiger partial charge on any atom is 0.274 e. The topological polar surface area (TPSA) is 347 Å². The predicted molar refractivity (Wildman–Crippen MR) is 439 cm³/mol. The highest BCUT2D eigenvalue weighted by Gasteiger charge is 2.28. The summed E-state index contributed by atoms with van der Waals surface area (Å²) in [7, 11) is -13.1. The summed E-state index contributed by atoms with van der Waals surface area (Å²) < 4.78 is 101. The van der Waals surface area contributed by atoms with Gasteiger partial charge in [-0.2, -0.15) is 24.2 Å². The second-order valence-electron chi connectivity index (χ2n) is 30.1. The van der Waals surface area contributed by atoms with Crippen molar-refractivity contribution < 1.29 is 33.7 Å². The predicted octanol–water partition coefficient (Wildman–Crippen LogP) is 11.3. The fourth-order valence-corrected chi connectivity index (χ4v) is 17.2. The SMILES string of the molecule is C#Cc1cnc2cc(C)c(C)cc2c1N1CCC[C@@H](CCNS(N)(=O)=O)CC1.Cc1cc2ncc(C#N)c(N3CCCC(CNS(C)(=O)=O)CC3)c2cc1C.Cc1cc2ncc(C#N)c(N3CCC[C@H](CNS(C)(=O)=O)CC3)c2cc1C.Cc1cc2ncc(C#N)c(N3CCC[C@H](CNS(C)(=O)=O)CC3)c2cc1C. The van der Waals surface area contributed by atoms with Gasteiger partial charge in [-0.3, -0.25) is 19.9 Å². The van der Waals surface area contributed by atoms with Gasteiger partial charge in [-0.15, -0.1) is 6.42 Å². The lowest BCUT2D eigenvalue weighted by atomic mass is 9.97. The van der Waals surface area contributed by atoms with Crippen molar-refractivity contribution in [1.82, 2.24) is 38.8 Å². The third-order valence-corrected chi connectivity index (χ3v) is 24.4. The third kappa shape index (κ3) is 23.5. The number of nitrogens with zero attached hydrogens (tertiary/aromatic N) is 11. The third-order valence-electron chi connectivity index (χ3n) is 21.8. The molecular weight excluding hydrogens is 1450 g/mol. The van der Waals surface area contributed by atoms with Gasteiger partial charge in [0.05, 0.1) is 85.8 Å². The molecule has 582 valence electrons. The monoisotopic (exact) mass is 1560 g/mol. The van der Waals surface area contributed by atoms with Crippen LogP contribution >= 0.6 is 0 Å². The number of terminal acetylenes is 1. The molecule has 109 heavy (non-hydrogen) atoms. The molecular formula is C81H106N16O8S4. The van der Waals surface area contributed by atoms with E-state index in [-0.39, 0.29) is 0 Å². The molecule has 4 saturated heterocycles. The number of nitrogens with one attached hydrogen (secondary N) is 4. The highest BCUT2D eigenvalue weighted by Crippen LogP contribution is 2.39. The molecule has 4 aromatic heterocycles. The molecule has 12 rings (SSSR count). The van der Waals surface area contributed by atoms with E-state index in [2.05, 4.69) is 186 Å². The molecule has 1 unspecified atom stereocenters. The molecule has 8 heterocycles. The van der Waals surface area contributed by atoms with Gasteiger partial charge in [0, 0.05) is 125 Å². The number of hydrogen-bond acceptors (Lipinski definition) is 19. The Morgan fingerprint density at radius 2 is 0.633 bits per heavy atom. The van der Waals surface area contributed by atoms with Gasteiger partial charge < -0.3 is 19.6 Å². The van der Waals surface area contributed by atoms with Gasteiger partial charge in [-0.1, -0.05) is 5.92 Å². The van der Waals surface area contributed by atoms with Gasteiger partial charge in [0.25, 0.3) is 10.2 Å². The van der Waals surface area contributed by atoms with Gasteiger partial charge in [-0.25, -0.2) is 49.3 Å². The van der Waals surface area contributed by atoms with Crippen molar-refractivity contribution in [1.29, 1.82) is 15.8 Å². The van der Waals surface area contributed by atoms with Crippen molar-refractivity contribution in [2.75, 3.05) is 117 Å². The van der Waals surface area contributed by atoms with E-state index in [0.717, 1.165) is 208 Å². The average Bonchev–Trinajstić information content (AvgIpc) is 1.54. The molecule has 28 heteroatoms. The van der Waals surface area contributed by atoms with Gasteiger partial charge in [0.2, 0.25) is 30.1 Å². The molecule has 0 spiro atoms. The largest absolute Gasteiger partial charge is 0.370 e. The van der Waals surface area contributed by atoms with E-state index in [9.17, 15) is 49.5 Å². The summed E-state index contributed by atoms with van der Waals surface area (Å²) in [6.45, 7) is 25.3. The first-order valence-corrected chi connectivity index (χ1v) is 44.7. The summed E-state index contributed by atoms with van der Waals surface area (Å²) in [5.74, 6) is 4.21. The molecule has 0 amide bonds. The molecule has 8 aromatic rings. The van der Waals surface area contributed by atoms with Crippen LogP contribution in [-0.2, 0) is 40.3 Å². The summed E-state index contributed by atoms with van der Waals surface area (Å²) in [5, 5.41) is 38.1. The first-order valence-electron chi connectivity index (χ1n) is 37.5. The van der Waals surface area contributed by atoms with Crippen LogP contribution in [0.3, 0.4) is 0 Å². The van der Waals surface area contributed by atoms with Crippen LogP contribution in [0.4, 0.5) is 22.7 Å². The molecule has 4 fully saturated rings. The van der Waals surface area contributed by atoms with Crippen molar-refractivity contribution in [3.8, 4) is 30.6 Å². The Morgan fingerprint density at radius 1 is 0.385 bits per heavy atom. The summed E-state index contributed by atoms with van der Waals surface area (Å²) in [5.41, 5.74) is 19.9. The van der Waals surface area contributed by atoms with Crippen LogP contribution < -0.4 is 43.6 Å². The second kappa shape index (κ2) is 37.4. The Hall–Kier alpha value is -8.65. The lowest BCUT2D eigenvalue weighted by Gasteiger charge is -2.26. The van der Waals surface area contributed by atoms with E-state index < -0.39 is 40.3 Å². The minimum Gasteiger partial charge on any atom is -0.370 e. The standard InChI is InChI=1S/C21H28N4O2S.3C20H26N4O2S/c1-4-18-14-23-20-13-16(3)15(2)12-19(20)21(18)25-10-5-6-17(8-11-25)7-9-24-28(22,26)27;3*1-14-9-18-19(10-15(14)2)22-13-17(11-21)20(18)24-7-4-5-16(6-8-24)12-23-27(3,25)26/h1,12-14,17,24H,5-11H2,2-3H3,(H2,22,26,27);3*9-10,13,16,23H,4-8,12H2,1-3H3/t17-;2*16-;/m000./s1. The lowest BCUT2D eigenvalue weighted by molar-refractivity contribution is 0.438. The van der Waals surface area contributed by atoms with Gasteiger partial charge in [0.1, 0.15) is 18.2 Å². The van der Waals surface area contributed by atoms with Crippen molar-refractivity contribution in [2.45, 2.75) is 139 Å². The average molecular weight is 1560 g/mol. The smallest absolute Gasteiger partial charge is 0.274 e. The summed E-state index contributed by atoms with van der Waals surface area (Å²) in [4.78, 5) is 27.2. The summed E-state index contributed by atoms with van der Waals surface area (Å²) >= 11 is 0. The number of fused-ring (bicyclic) bond motifs is 4. The van der Waals surface area contributed by atoms with Crippen LogP contribution in [0.25, 0.3) is 43.6 Å². The minimum atomic E-state index is -3.62. The van der Waals surface area contributed by atoms with E-state index in [0.29, 0.717) is 66.5 Å². The Balaban J connectivity index is 0.000000167. The molecule has 4 aliphatic heterocycles. The van der Waals surface area contributed by atoms with Crippen LogP contribution in [0.2, 0.25) is 0 Å². The highest BCUT2D eigenvalue weighted by molar-refractivity contribution is 7.89. The van der Waals surface area contributed by atoms with Gasteiger partial charge in [-0.05, 0) is 256 Å². The molecule has 24 nitrogen and oxygen atoms in total. The zero-order valence-electron chi connectivity index (χ0n) is 64.9. The fourth-order valence-electron chi connectivity index (χ4n) is 15.1. The fraction of sp³-hybridized carbons (Fsp3) is 0.494.